The van der Waals surface area contributed by atoms with E-state index in [1.807, 2.05) is 0 Å². The molecule has 0 saturated carbocycles. The van der Waals surface area contributed by atoms with Crippen molar-refractivity contribution >= 4 is 20.2 Å². The van der Waals surface area contributed by atoms with Gasteiger partial charge in [-0.3, -0.25) is 8.37 Å². The van der Waals surface area contributed by atoms with Crippen LogP contribution in [-0.2, 0) is 28.6 Å². The van der Waals surface area contributed by atoms with E-state index in [9.17, 15) is 16.8 Å². The minimum absolute atomic E-state index is 0.847. The maximum absolute atomic E-state index is 10.7. The second kappa shape index (κ2) is 4.56. The molecule has 0 amide bonds. The lowest BCUT2D eigenvalue weighted by Gasteiger charge is -2.17. The van der Waals surface area contributed by atoms with Crippen molar-refractivity contribution in [3.8, 4) is 0 Å². The highest BCUT2D eigenvalue weighted by atomic mass is 32.2. The second-order valence-corrected chi connectivity index (χ2v) is 6.21. The first-order valence-corrected chi connectivity index (χ1v) is 7.41. The second-order valence-electron chi connectivity index (χ2n) is 3.01. The van der Waals surface area contributed by atoms with E-state index in [0.717, 1.165) is 12.5 Å². The van der Waals surface area contributed by atoms with Crippen LogP contribution in [0.2, 0.25) is 0 Å². The van der Waals surface area contributed by atoms with Gasteiger partial charge in [-0.05, 0) is 13.8 Å². The van der Waals surface area contributed by atoms with Crippen LogP contribution in [0.3, 0.4) is 0 Å². The Labute approximate surface area is 84.5 Å². The van der Waals surface area contributed by atoms with Crippen LogP contribution in [0.25, 0.3) is 0 Å². The lowest BCUT2D eigenvalue weighted by atomic mass is 10.3. The fourth-order valence-electron chi connectivity index (χ4n) is 0.708. The lowest BCUT2D eigenvalue weighted by Crippen LogP contribution is -2.30. The van der Waals surface area contributed by atoms with Gasteiger partial charge in [0.2, 0.25) is 0 Å². The van der Waals surface area contributed by atoms with Gasteiger partial charge in [-0.1, -0.05) is 0 Å². The minimum Gasteiger partial charge on any atom is -0.264 e. The molecule has 2 atom stereocenters. The zero-order chi connectivity index (χ0) is 11.6. The fraction of sp³-hybridized carbons (Fsp3) is 1.00. The summed E-state index contributed by atoms with van der Waals surface area (Å²) in [7, 11) is -7.20. The number of hydrogen-bond acceptors (Lipinski definition) is 6. The Hall–Kier alpha value is -0.180. The molecule has 0 unspecified atom stereocenters. The van der Waals surface area contributed by atoms with E-state index >= 15 is 0 Å². The highest BCUT2D eigenvalue weighted by molar-refractivity contribution is 7.86. The zero-order valence-corrected chi connectivity index (χ0v) is 10.1. The van der Waals surface area contributed by atoms with Gasteiger partial charge in [0.1, 0.15) is 12.2 Å². The third-order valence-corrected chi connectivity index (χ3v) is 2.62. The lowest BCUT2D eigenvalue weighted by molar-refractivity contribution is 0.0887. The van der Waals surface area contributed by atoms with Crippen LogP contribution in [0.15, 0.2) is 0 Å². The summed E-state index contributed by atoms with van der Waals surface area (Å²) in [6.45, 7) is 2.83. The number of rotatable bonds is 5. The van der Waals surface area contributed by atoms with E-state index in [-0.39, 0.29) is 0 Å². The smallest absolute Gasteiger partial charge is 0.264 e. The molecule has 0 N–H and O–H groups in total. The molecule has 0 aromatic heterocycles. The van der Waals surface area contributed by atoms with Crippen molar-refractivity contribution < 1.29 is 25.2 Å². The third kappa shape index (κ3) is 7.25. The van der Waals surface area contributed by atoms with Crippen LogP contribution in [-0.4, -0.2) is 41.6 Å². The maximum atomic E-state index is 10.7. The van der Waals surface area contributed by atoms with E-state index in [0.29, 0.717) is 0 Å². The molecule has 0 rings (SSSR count). The predicted octanol–water partition coefficient (Wildman–Crippen LogP) is -0.284. The molecule has 14 heavy (non-hydrogen) atoms. The average molecular weight is 246 g/mol. The van der Waals surface area contributed by atoms with Gasteiger partial charge >= 0.3 is 0 Å². The molecule has 0 aromatic rings. The SMILES string of the molecule is C[C@H](OS(C)(=O)=O)[C@@H](C)OS(C)(=O)=O. The van der Waals surface area contributed by atoms with E-state index in [4.69, 9.17) is 0 Å². The monoisotopic (exact) mass is 246 g/mol. The van der Waals surface area contributed by atoms with Crippen molar-refractivity contribution in [2.75, 3.05) is 12.5 Å². The molecule has 0 radical (unpaired) electrons. The van der Waals surface area contributed by atoms with Crippen molar-refractivity contribution in [3.63, 3.8) is 0 Å². The molecule has 0 bridgehead atoms. The molecule has 0 heterocycles. The Kier molecular flexibility index (Phi) is 4.50. The van der Waals surface area contributed by atoms with Crippen LogP contribution in [0, 0.1) is 0 Å². The van der Waals surface area contributed by atoms with Gasteiger partial charge in [0.05, 0.1) is 12.5 Å². The Balaban J connectivity index is 4.35. The predicted molar refractivity (Wildman–Crippen MR) is 50.8 cm³/mol. The van der Waals surface area contributed by atoms with Gasteiger partial charge in [-0.25, -0.2) is 0 Å². The van der Waals surface area contributed by atoms with Crippen molar-refractivity contribution in [3.05, 3.63) is 0 Å². The van der Waals surface area contributed by atoms with Crippen molar-refractivity contribution in [1.29, 1.82) is 0 Å². The summed E-state index contributed by atoms with van der Waals surface area (Å²) in [4.78, 5) is 0. The van der Waals surface area contributed by atoms with E-state index in [2.05, 4.69) is 8.37 Å². The molecular formula is C6H14O6S2. The average Bonchev–Trinajstić information content (AvgIpc) is 1.78. The van der Waals surface area contributed by atoms with Crippen LogP contribution < -0.4 is 0 Å². The Morgan fingerprint density at radius 3 is 1.14 bits per heavy atom. The van der Waals surface area contributed by atoms with Gasteiger partial charge in [0.15, 0.2) is 0 Å². The first-order valence-electron chi connectivity index (χ1n) is 3.78. The van der Waals surface area contributed by atoms with Crippen LogP contribution in [0.4, 0.5) is 0 Å². The van der Waals surface area contributed by atoms with Crippen LogP contribution >= 0.6 is 0 Å². The largest absolute Gasteiger partial charge is 0.264 e. The Morgan fingerprint density at radius 2 is 1.00 bits per heavy atom. The molecular weight excluding hydrogens is 232 g/mol. The van der Waals surface area contributed by atoms with Crippen molar-refractivity contribution in [2.45, 2.75) is 26.1 Å². The first-order chi connectivity index (χ1) is 6.01. The van der Waals surface area contributed by atoms with Crippen LogP contribution in [0.1, 0.15) is 13.8 Å². The number of hydrogen-bond donors (Lipinski definition) is 0. The molecule has 0 spiro atoms. The van der Waals surface area contributed by atoms with Crippen molar-refractivity contribution in [2.24, 2.45) is 0 Å². The fourth-order valence-corrected chi connectivity index (χ4v) is 2.12. The van der Waals surface area contributed by atoms with Gasteiger partial charge < -0.3 is 0 Å². The standard InChI is InChI=1S/C6H14O6S2/c1-5(11-13(3,7)8)6(2)12-14(4,9)10/h5-6H,1-4H3/t5-,6+. The molecule has 0 aromatic carbocycles. The molecule has 6 nitrogen and oxygen atoms in total. The third-order valence-electron chi connectivity index (χ3n) is 1.31. The Bertz CT molecular complexity index is 329. The van der Waals surface area contributed by atoms with Gasteiger partial charge in [-0.15, -0.1) is 0 Å². The highest BCUT2D eigenvalue weighted by Crippen LogP contribution is 2.08. The maximum Gasteiger partial charge on any atom is 0.264 e. The minimum atomic E-state index is -3.60. The first kappa shape index (κ1) is 13.8. The summed E-state index contributed by atoms with van der Waals surface area (Å²) >= 11 is 0. The van der Waals surface area contributed by atoms with Crippen LogP contribution in [0.5, 0.6) is 0 Å². The summed E-state index contributed by atoms with van der Waals surface area (Å²) in [6.07, 6.45) is 0.0762. The molecule has 0 saturated heterocycles. The molecule has 0 fully saturated rings. The molecule has 0 aliphatic heterocycles. The zero-order valence-electron chi connectivity index (χ0n) is 8.42. The van der Waals surface area contributed by atoms with Gasteiger partial charge in [0.25, 0.3) is 20.2 Å². The summed E-state index contributed by atoms with van der Waals surface area (Å²) in [5, 5.41) is 0. The quantitative estimate of drug-likeness (QED) is 0.620. The molecule has 0 aliphatic carbocycles. The summed E-state index contributed by atoms with van der Waals surface area (Å²) < 4.78 is 51.8. The highest BCUT2D eigenvalue weighted by Gasteiger charge is 2.21. The Morgan fingerprint density at radius 1 is 0.786 bits per heavy atom. The van der Waals surface area contributed by atoms with Gasteiger partial charge in [0, 0.05) is 0 Å². The van der Waals surface area contributed by atoms with E-state index in [1.54, 1.807) is 0 Å². The van der Waals surface area contributed by atoms with Gasteiger partial charge in [-0.2, -0.15) is 16.8 Å². The molecule has 8 heteroatoms. The molecule has 0 aliphatic rings. The summed E-state index contributed by atoms with van der Waals surface area (Å²) in [6, 6.07) is 0. The topological polar surface area (TPSA) is 86.7 Å². The van der Waals surface area contributed by atoms with E-state index in [1.165, 1.54) is 13.8 Å². The molecule has 86 valence electrons. The van der Waals surface area contributed by atoms with Crippen molar-refractivity contribution in [1.82, 2.24) is 0 Å². The summed E-state index contributed by atoms with van der Waals surface area (Å²) in [5.74, 6) is 0. The summed E-state index contributed by atoms with van der Waals surface area (Å²) in [5.41, 5.74) is 0. The van der Waals surface area contributed by atoms with E-state index < -0.39 is 32.4 Å². The normalized spacial score (nSPS) is 17.7.